The van der Waals surface area contributed by atoms with Crippen molar-refractivity contribution in [1.29, 1.82) is 0 Å². The van der Waals surface area contributed by atoms with E-state index in [4.69, 9.17) is 10.5 Å². The number of esters is 1. The van der Waals surface area contributed by atoms with Crippen LogP contribution in [0.3, 0.4) is 0 Å². The zero-order valence-corrected chi connectivity index (χ0v) is 8.83. The first kappa shape index (κ1) is 10.6. The summed E-state index contributed by atoms with van der Waals surface area (Å²) in [7, 11) is 0. The van der Waals surface area contributed by atoms with E-state index in [1.807, 2.05) is 0 Å². The van der Waals surface area contributed by atoms with Crippen molar-refractivity contribution in [2.24, 2.45) is 0 Å². The first-order valence-corrected chi connectivity index (χ1v) is 5.12. The lowest BCUT2D eigenvalue weighted by Crippen LogP contribution is -2.08. The fourth-order valence-electron chi connectivity index (χ4n) is 1.05. The van der Waals surface area contributed by atoms with Crippen molar-refractivity contribution < 1.29 is 13.9 Å². The van der Waals surface area contributed by atoms with Gasteiger partial charge < -0.3 is 10.5 Å². The van der Waals surface area contributed by atoms with Crippen molar-refractivity contribution in [2.75, 3.05) is 5.73 Å². The van der Waals surface area contributed by atoms with Gasteiger partial charge >= 0.3 is 5.97 Å². The Morgan fingerprint density at radius 3 is 2.62 bits per heavy atom. The minimum Gasteiger partial charge on any atom is -0.422 e. The molecule has 0 saturated heterocycles. The van der Waals surface area contributed by atoms with Gasteiger partial charge in [0, 0.05) is 6.07 Å². The Balaban J connectivity index is 2.10. The predicted molar refractivity (Wildman–Crippen MR) is 57.9 cm³/mol. The third kappa shape index (κ3) is 2.34. The fraction of sp³-hybridized carbons (Fsp3) is 0. The van der Waals surface area contributed by atoms with E-state index in [0.29, 0.717) is 5.00 Å². The van der Waals surface area contributed by atoms with Crippen molar-refractivity contribution >= 4 is 22.5 Å². The minimum atomic E-state index is -0.612. The van der Waals surface area contributed by atoms with Crippen LogP contribution >= 0.6 is 11.5 Å². The van der Waals surface area contributed by atoms with E-state index in [1.54, 1.807) is 0 Å². The van der Waals surface area contributed by atoms with Gasteiger partial charge in [0.2, 0.25) is 0 Å². The van der Waals surface area contributed by atoms with Gasteiger partial charge in [-0.05, 0) is 35.8 Å². The number of benzene rings is 1. The Hall–Kier alpha value is -1.95. The molecule has 0 aliphatic carbocycles. The number of carbonyl (C=O) groups is 1. The molecule has 6 heteroatoms. The Kier molecular flexibility index (Phi) is 2.82. The lowest BCUT2D eigenvalue weighted by Gasteiger charge is -2.00. The minimum absolute atomic E-state index is 0.145. The molecule has 0 spiro atoms. The van der Waals surface area contributed by atoms with Crippen LogP contribution in [0.5, 0.6) is 5.75 Å². The number of nitrogens with two attached hydrogens (primary N) is 1. The van der Waals surface area contributed by atoms with Crippen LogP contribution in [0.25, 0.3) is 0 Å². The summed E-state index contributed by atoms with van der Waals surface area (Å²) in [5.74, 6) is -0.741. The highest BCUT2D eigenvalue weighted by Crippen LogP contribution is 2.16. The van der Waals surface area contributed by atoms with E-state index in [1.165, 1.54) is 30.3 Å². The lowest BCUT2D eigenvalue weighted by atomic mass is 10.3. The number of aromatic nitrogens is 1. The fourth-order valence-corrected chi connectivity index (χ4v) is 1.54. The van der Waals surface area contributed by atoms with E-state index in [2.05, 4.69) is 4.37 Å². The molecule has 4 nitrogen and oxygen atoms in total. The first-order chi connectivity index (χ1) is 7.65. The standard InChI is InChI=1S/C10H7FN2O2S/c11-6-1-3-7(4-2-6)15-10(14)8-5-9(12)16-13-8/h1-5H,12H2. The summed E-state index contributed by atoms with van der Waals surface area (Å²) in [5.41, 5.74) is 5.57. The summed E-state index contributed by atoms with van der Waals surface area (Å²) in [6.07, 6.45) is 0. The number of nitrogen functional groups attached to an aromatic ring is 1. The maximum atomic E-state index is 12.6. The molecule has 0 atom stereocenters. The van der Waals surface area contributed by atoms with Gasteiger partial charge in [0.25, 0.3) is 0 Å². The Labute approximate surface area is 94.6 Å². The topological polar surface area (TPSA) is 65.2 Å². The zero-order chi connectivity index (χ0) is 11.5. The second-order valence-corrected chi connectivity index (χ2v) is 3.79. The van der Waals surface area contributed by atoms with Gasteiger partial charge in [-0.15, -0.1) is 0 Å². The Bertz CT molecular complexity index is 510. The summed E-state index contributed by atoms with van der Waals surface area (Å²) in [6.45, 7) is 0. The van der Waals surface area contributed by atoms with Crippen LogP contribution in [0.15, 0.2) is 30.3 Å². The number of hydrogen-bond donors (Lipinski definition) is 1. The molecule has 0 amide bonds. The molecule has 0 fully saturated rings. The number of ether oxygens (including phenoxy) is 1. The second kappa shape index (κ2) is 4.28. The Morgan fingerprint density at radius 1 is 1.38 bits per heavy atom. The molecule has 1 aromatic carbocycles. The molecule has 0 aliphatic rings. The van der Waals surface area contributed by atoms with Crippen LogP contribution in [-0.2, 0) is 0 Å². The van der Waals surface area contributed by atoms with Crippen LogP contribution < -0.4 is 10.5 Å². The van der Waals surface area contributed by atoms with Gasteiger partial charge in [-0.3, -0.25) is 0 Å². The van der Waals surface area contributed by atoms with Crippen molar-refractivity contribution in [3.63, 3.8) is 0 Å². The van der Waals surface area contributed by atoms with Crippen molar-refractivity contribution in [3.8, 4) is 5.75 Å². The van der Waals surface area contributed by atoms with Gasteiger partial charge in [-0.2, -0.15) is 4.37 Å². The molecule has 2 aromatic rings. The average Bonchev–Trinajstić information content (AvgIpc) is 2.68. The zero-order valence-electron chi connectivity index (χ0n) is 8.01. The van der Waals surface area contributed by atoms with Gasteiger partial charge in [-0.1, -0.05) is 0 Å². The van der Waals surface area contributed by atoms with E-state index in [9.17, 15) is 9.18 Å². The summed E-state index contributed by atoms with van der Waals surface area (Å²) in [6, 6.07) is 6.57. The van der Waals surface area contributed by atoms with Crippen LogP contribution in [0, 0.1) is 5.82 Å². The van der Waals surface area contributed by atoms with Gasteiger partial charge in [0.1, 0.15) is 16.6 Å². The van der Waals surface area contributed by atoms with E-state index in [0.717, 1.165) is 11.5 Å². The molecule has 1 heterocycles. The molecule has 16 heavy (non-hydrogen) atoms. The van der Waals surface area contributed by atoms with Crippen LogP contribution in [0.4, 0.5) is 9.39 Å². The third-order valence-electron chi connectivity index (χ3n) is 1.76. The molecule has 2 N–H and O–H groups in total. The van der Waals surface area contributed by atoms with Crippen LogP contribution in [0.1, 0.15) is 10.5 Å². The normalized spacial score (nSPS) is 10.1. The molecule has 0 saturated carbocycles. The summed E-state index contributed by atoms with van der Waals surface area (Å²) < 4.78 is 21.3. The second-order valence-electron chi connectivity index (χ2n) is 2.96. The highest BCUT2D eigenvalue weighted by molar-refractivity contribution is 7.10. The molecule has 0 bridgehead atoms. The van der Waals surface area contributed by atoms with E-state index in [-0.39, 0.29) is 11.4 Å². The number of rotatable bonds is 2. The van der Waals surface area contributed by atoms with Gasteiger partial charge in [0.15, 0.2) is 5.69 Å². The first-order valence-electron chi connectivity index (χ1n) is 4.35. The number of anilines is 1. The van der Waals surface area contributed by atoms with Crippen molar-refractivity contribution in [2.45, 2.75) is 0 Å². The average molecular weight is 238 g/mol. The smallest absolute Gasteiger partial charge is 0.363 e. The molecule has 1 aromatic heterocycles. The predicted octanol–water partition coefficient (Wildman–Crippen LogP) is 2.08. The Morgan fingerprint density at radius 2 is 2.06 bits per heavy atom. The van der Waals surface area contributed by atoms with Crippen molar-refractivity contribution in [1.82, 2.24) is 4.37 Å². The van der Waals surface area contributed by atoms with Gasteiger partial charge in [0.05, 0.1) is 0 Å². The van der Waals surface area contributed by atoms with E-state index >= 15 is 0 Å². The monoisotopic (exact) mass is 238 g/mol. The molecule has 82 valence electrons. The van der Waals surface area contributed by atoms with Crippen molar-refractivity contribution in [3.05, 3.63) is 41.8 Å². The third-order valence-corrected chi connectivity index (χ3v) is 2.38. The van der Waals surface area contributed by atoms with Crippen LogP contribution in [0.2, 0.25) is 0 Å². The number of nitrogens with zero attached hydrogens (tertiary/aromatic N) is 1. The quantitative estimate of drug-likeness (QED) is 0.642. The summed E-state index contributed by atoms with van der Waals surface area (Å²) in [4.78, 5) is 11.5. The largest absolute Gasteiger partial charge is 0.422 e. The number of halogens is 1. The van der Waals surface area contributed by atoms with Crippen LogP contribution in [-0.4, -0.2) is 10.3 Å². The molecule has 2 rings (SSSR count). The van der Waals surface area contributed by atoms with E-state index < -0.39 is 11.8 Å². The molecular weight excluding hydrogens is 231 g/mol. The number of hydrogen-bond acceptors (Lipinski definition) is 5. The molecule has 0 aliphatic heterocycles. The van der Waals surface area contributed by atoms with Gasteiger partial charge in [-0.25, -0.2) is 9.18 Å². The maximum Gasteiger partial charge on any atom is 0.363 e. The summed E-state index contributed by atoms with van der Waals surface area (Å²) in [5, 5.41) is 0.436. The summed E-state index contributed by atoms with van der Waals surface area (Å²) >= 11 is 1.01. The highest BCUT2D eigenvalue weighted by atomic mass is 32.1. The molecular formula is C10H7FN2O2S. The highest BCUT2D eigenvalue weighted by Gasteiger charge is 2.12. The molecule has 0 radical (unpaired) electrons. The molecule has 0 unspecified atom stereocenters. The number of carbonyl (C=O) groups excluding carboxylic acids is 1. The lowest BCUT2D eigenvalue weighted by molar-refractivity contribution is 0.0730. The maximum absolute atomic E-state index is 12.6. The SMILES string of the molecule is Nc1cc(C(=O)Oc2ccc(F)cc2)ns1.